The first-order chi connectivity index (χ1) is 10.1. The van der Waals surface area contributed by atoms with Gasteiger partial charge in [-0.25, -0.2) is 4.98 Å². The number of aromatic nitrogens is 1. The van der Waals surface area contributed by atoms with Gasteiger partial charge in [0.25, 0.3) is 0 Å². The molecule has 0 aliphatic carbocycles. The zero-order chi connectivity index (χ0) is 15.2. The lowest BCUT2D eigenvalue weighted by atomic mass is 10.1. The smallest absolute Gasteiger partial charge is 0.312 e. The Hall–Kier alpha value is -2.15. The van der Waals surface area contributed by atoms with Crippen LogP contribution in [-0.2, 0) is 6.42 Å². The van der Waals surface area contributed by atoms with Crippen molar-refractivity contribution in [1.82, 2.24) is 4.98 Å². The molecular formula is C14H14BrN3O3. The number of benzene rings is 1. The molecule has 0 aliphatic rings. The van der Waals surface area contributed by atoms with Crippen LogP contribution in [-0.4, -0.2) is 23.6 Å². The predicted octanol–water partition coefficient (Wildman–Crippen LogP) is 3.42. The van der Waals surface area contributed by atoms with Crippen LogP contribution in [0.15, 0.2) is 41.0 Å². The molecule has 0 amide bonds. The van der Waals surface area contributed by atoms with Crippen LogP contribution in [0.1, 0.15) is 5.56 Å². The van der Waals surface area contributed by atoms with Crippen molar-refractivity contribution in [2.75, 3.05) is 19.0 Å². The van der Waals surface area contributed by atoms with Gasteiger partial charge >= 0.3 is 5.69 Å². The first kappa shape index (κ1) is 15.2. The Balaban J connectivity index is 1.98. The SMILES string of the molecule is COc1ccc(CCNc2ncc(Br)cc2[N+](=O)[O-])cc1. The lowest BCUT2D eigenvalue weighted by Crippen LogP contribution is -2.08. The molecule has 0 spiro atoms. The van der Waals surface area contributed by atoms with Gasteiger partial charge in [0.05, 0.1) is 12.0 Å². The van der Waals surface area contributed by atoms with E-state index in [9.17, 15) is 10.1 Å². The normalized spacial score (nSPS) is 10.2. The summed E-state index contributed by atoms with van der Waals surface area (Å²) >= 11 is 3.18. The second kappa shape index (κ2) is 7.03. The summed E-state index contributed by atoms with van der Waals surface area (Å²) in [6.07, 6.45) is 2.27. The minimum Gasteiger partial charge on any atom is -0.497 e. The van der Waals surface area contributed by atoms with E-state index in [-0.39, 0.29) is 11.5 Å². The fourth-order valence-corrected chi connectivity index (χ4v) is 2.14. The van der Waals surface area contributed by atoms with Crippen molar-refractivity contribution in [3.63, 3.8) is 0 Å². The number of rotatable bonds is 6. The van der Waals surface area contributed by atoms with Gasteiger partial charge in [-0.1, -0.05) is 12.1 Å². The van der Waals surface area contributed by atoms with E-state index >= 15 is 0 Å². The quantitative estimate of drug-likeness (QED) is 0.637. The second-order valence-corrected chi connectivity index (χ2v) is 5.22. The fourth-order valence-electron chi connectivity index (χ4n) is 1.82. The highest BCUT2D eigenvalue weighted by Gasteiger charge is 2.15. The molecule has 0 saturated heterocycles. The van der Waals surface area contributed by atoms with E-state index in [0.29, 0.717) is 11.0 Å². The number of nitrogens with one attached hydrogen (secondary N) is 1. The Labute approximate surface area is 130 Å². The van der Waals surface area contributed by atoms with Crippen molar-refractivity contribution in [2.24, 2.45) is 0 Å². The summed E-state index contributed by atoms with van der Waals surface area (Å²) in [4.78, 5) is 14.6. The molecule has 21 heavy (non-hydrogen) atoms. The van der Waals surface area contributed by atoms with Crippen LogP contribution in [0, 0.1) is 10.1 Å². The third-order valence-corrected chi connectivity index (χ3v) is 3.33. The number of hydrogen-bond acceptors (Lipinski definition) is 5. The Morgan fingerprint density at radius 3 is 2.71 bits per heavy atom. The Morgan fingerprint density at radius 1 is 1.38 bits per heavy atom. The van der Waals surface area contributed by atoms with Gasteiger partial charge in [0.15, 0.2) is 0 Å². The number of halogens is 1. The van der Waals surface area contributed by atoms with Gasteiger partial charge in [-0.15, -0.1) is 0 Å². The molecule has 0 aliphatic heterocycles. The molecule has 110 valence electrons. The van der Waals surface area contributed by atoms with Crippen LogP contribution in [0.3, 0.4) is 0 Å². The molecule has 0 bridgehead atoms. The van der Waals surface area contributed by atoms with E-state index in [1.54, 1.807) is 7.11 Å². The standard InChI is InChI=1S/C14H14BrN3O3/c1-21-12-4-2-10(3-5-12)6-7-16-14-13(18(19)20)8-11(15)9-17-14/h2-5,8-9H,6-7H2,1H3,(H,16,17). The van der Waals surface area contributed by atoms with E-state index in [4.69, 9.17) is 4.74 Å². The maximum absolute atomic E-state index is 11.0. The summed E-state index contributed by atoms with van der Waals surface area (Å²) in [6.45, 7) is 0.557. The zero-order valence-corrected chi connectivity index (χ0v) is 13.0. The number of nitrogens with zero attached hydrogens (tertiary/aromatic N) is 2. The largest absolute Gasteiger partial charge is 0.497 e. The van der Waals surface area contributed by atoms with Crippen LogP contribution in [0.2, 0.25) is 0 Å². The van der Waals surface area contributed by atoms with E-state index in [1.165, 1.54) is 12.3 Å². The van der Waals surface area contributed by atoms with Crippen molar-refractivity contribution in [1.29, 1.82) is 0 Å². The van der Waals surface area contributed by atoms with Gasteiger partial charge in [0.1, 0.15) is 5.75 Å². The second-order valence-electron chi connectivity index (χ2n) is 4.30. The molecule has 0 unspecified atom stereocenters. The summed E-state index contributed by atoms with van der Waals surface area (Å²) < 4.78 is 5.67. The summed E-state index contributed by atoms with van der Waals surface area (Å²) in [6, 6.07) is 9.13. The molecule has 1 heterocycles. The van der Waals surface area contributed by atoms with Gasteiger partial charge in [-0.2, -0.15) is 0 Å². The number of pyridine rings is 1. The first-order valence-corrected chi connectivity index (χ1v) is 7.06. The van der Waals surface area contributed by atoms with Crippen LogP contribution >= 0.6 is 15.9 Å². The lowest BCUT2D eigenvalue weighted by molar-refractivity contribution is -0.384. The molecule has 1 N–H and O–H groups in total. The third-order valence-electron chi connectivity index (χ3n) is 2.90. The van der Waals surface area contributed by atoms with Crippen molar-refractivity contribution in [3.8, 4) is 5.75 Å². The summed E-state index contributed by atoms with van der Waals surface area (Å²) in [5, 5.41) is 14.0. The minimum absolute atomic E-state index is 0.0425. The minimum atomic E-state index is -0.451. The van der Waals surface area contributed by atoms with E-state index in [2.05, 4.69) is 26.2 Å². The number of ether oxygens (including phenoxy) is 1. The van der Waals surface area contributed by atoms with Crippen LogP contribution in [0.5, 0.6) is 5.75 Å². The molecule has 0 radical (unpaired) electrons. The molecule has 7 heteroatoms. The van der Waals surface area contributed by atoms with Crippen molar-refractivity contribution >= 4 is 27.4 Å². The average Bonchev–Trinajstić information content (AvgIpc) is 2.49. The third kappa shape index (κ3) is 4.16. The zero-order valence-electron chi connectivity index (χ0n) is 11.4. The van der Waals surface area contributed by atoms with E-state index in [1.807, 2.05) is 24.3 Å². The monoisotopic (exact) mass is 351 g/mol. The van der Waals surface area contributed by atoms with Crippen LogP contribution in [0.25, 0.3) is 0 Å². The van der Waals surface area contributed by atoms with Crippen molar-refractivity contribution in [2.45, 2.75) is 6.42 Å². The van der Waals surface area contributed by atoms with Crippen LogP contribution < -0.4 is 10.1 Å². The Bertz CT molecular complexity index is 632. The van der Waals surface area contributed by atoms with Gasteiger partial charge in [-0.3, -0.25) is 10.1 Å². The van der Waals surface area contributed by atoms with Crippen molar-refractivity contribution < 1.29 is 9.66 Å². The molecule has 2 rings (SSSR count). The maximum Gasteiger partial charge on any atom is 0.312 e. The molecule has 1 aromatic heterocycles. The highest BCUT2D eigenvalue weighted by molar-refractivity contribution is 9.10. The summed E-state index contributed by atoms with van der Waals surface area (Å²) in [5.74, 6) is 1.08. The summed E-state index contributed by atoms with van der Waals surface area (Å²) in [7, 11) is 1.62. The first-order valence-electron chi connectivity index (χ1n) is 6.27. The Morgan fingerprint density at radius 2 is 2.10 bits per heavy atom. The fraction of sp³-hybridized carbons (Fsp3) is 0.214. The van der Waals surface area contributed by atoms with Crippen LogP contribution in [0.4, 0.5) is 11.5 Å². The molecule has 0 fully saturated rings. The topological polar surface area (TPSA) is 77.3 Å². The molecule has 0 atom stereocenters. The number of nitro groups is 1. The van der Waals surface area contributed by atoms with Gasteiger partial charge < -0.3 is 10.1 Å². The molecule has 6 nitrogen and oxygen atoms in total. The maximum atomic E-state index is 11.0. The Kier molecular flexibility index (Phi) is 5.10. The highest BCUT2D eigenvalue weighted by atomic mass is 79.9. The average molecular weight is 352 g/mol. The number of anilines is 1. The molecular weight excluding hydrogens is 338 g/mol. The lowest BCUT2D eigenvalue weighted by Gasteiger charge is -2.07. The van der Waals surface area contributed by atoms with Gasteiger partial charge in [0.2, 0.25) is 5.82 Å². The van der Waals surface area contributed by atoms with Gasteiger partial charge in [0, 0.05) is 23.3 Å². The highest BCUT2D eigenvalue weighted by Crippen LogP contribution is 2.25. The molecule has 1 aromatic carbocycles. The number of hydrogen-bond donors (Lipinski definition) is 1. The van der Waals surface area contributed by atoms with Crippen molar-refractivity contribution in [3.05, 3.63) is 56.7 Å². The number of methoxy groups -OCH3 is 1. The van der Waals surface area contributed by atoms with E-state index in [0.717, 1.165) is 17.7 Å². The van der Waals surface area contributed by atoms with Gasteiger partial charge in [-0.05, 0) is 40.0 Å². The van der Waals surface area contributed by atoms with E-state index < -0.39 is 4.92 Å². The summed E-state index contributed by atoms with van der Waals surface area (Å²) in [5.41, 5.74) is 1.07. The molecule has 0 saturated carbocycles. The predicted molar refractivity (Wildman–Crippen MR) is 83.8 cm³/mol. The molecule has 2 aromatic rings.